The molecule has 2 aromatic carbocycles. The van der Waals surface area contributed by atoms with Gasteiger partial charge in [-0.15, -0.1) is 0 Å². The largest absolute Gasteiger partial charge is 0.493 e. The van der Waals surface area contributed by atoms with E-state index in [-0.39, 0.29) is 24.6 Å². The number of pyridine rings is 1. The minimum atomic E-state index is -0.982. The van der Waals surface area contributed by atoms with Crippen LogP contribution in [0.1, 0.15) is 19.4 Å². The number of halogens is 1. The fourth-order valence-corrected chi connectivity index (χ4v) is 2.69. The van der Waals surface area contributed by atoms with Crippen molar-refractivity contribution in [3.8, 4) is 22.9 Å². The zero-order valence-electron chi connectivity index (χ0n) is 17.1. The van der Waals surface area contributed by atoms with Crippen LogP contribution in [0.25, 0.3) is 5.69 Å². The van der Waals surface area contributed by atoms with Gasteiger partial charge in [-0.25, -0.2) is 4.39 Å². The Morgan fingerprint density at radius 2 is 1.73 bits per heavy atom. The summed E-state index contributed by atoms with van der Waals surface area (Å²) in [5.41, 5.74) is 0.132. The molecule has 3 aromatic rings. The monoisotopic (exact) mass is 413 g/mol. The van der Waals surface area contributed by atoms with E-state index in [0.717, 1.165) is 5.56 Å². The van der Waals surface area contributed by atoms with E-state index < -0.39 is 5.60 Å². The average Bonchev–Trinajstić information content (AvgIpc) is 2.71. The molecule has 3 rings (SSSR count). The number of benzene rings is 2. The van der Waals surface area contributed by atoms with Gasteiger partial charge < -0.3 is 19.3 Å². The normalized spacial score (nSPS) is 11.2. The molecule has 0 saturated carbocycles. The fourth-order valence-electron chi connectivity index (χ4n) is 2.69. The molecule has 158 valence electrons. The molecule has 0 unspecified atom stereocenters. The number of aromatic nitrogens is 1. The van der Waals surface area contributed by atoms with Crippen molar-refractivity contribution in [3.63, 3.8) is 0 Å². The van der Waals surface area contributed by atoms with Crippen LogP contribution in [0.2, 0.25) is 0 Å². The van der Waals surface area contributed by atoms with Crippen molar-refractivity contribution in [1.29, 1.82) is 0 Å². The predicted octanol–water partition coefficient (Wildman–Crippen LogP) is 3.71. The minimum absolute atomic E-state index is 0.0999. The molecule has 0 aliphatic rings. The van der Waals surface area contributed by atoms with Gasteiger partial charge in [0.15, 0.2) is 11.5 Å². The van der Waals surface area contributed by atoms with Gasteiger partial charge in [-0.3, -0.25) is 9.36 Å². The highest BCUT2D eigenvalue weighted by molar-refractivity contribution is 5.49. The number of aliphatic hydroxyl groups is 1. The highest BCUT2D eigenvalue weighted by Crippen LogP contribution is 2.30. The second kappa shape index (κ2) is 9.00. The molecule has 1 heterocycles. The van der Waals surface area contributed by atoms with Crippen LogP contribution in [-0.2, 0) is 6.61 Å². The Bertz CT molecular complexity index is 1050. The Labute approximate surface area is 174 Å². The lowest BCUT2D eigenvalue weighted by Crippen LogP contribution is -2.28. The van der Waals surface area contributed by atoms with Crippen molar-refractivity contribution in [2.24, 2.45) is 0 Å². The van der Waals surface area contributed by atoms with E-state index >= 15 is 0 Å². The molecule has 0 fully saturated rings. The summed E-state index contributed by atoms with van der Waals surface area (Å²) in [4.78, 5) is 12.6. The van der Waals surface area contributed by atoms with Gasteiger partial charge in [0.1, 0.15) is 24.8 Å². The van der Waals surface area contributed by atoms with E-state index in [1.54, 1.807) is 56.4 Å². The van der Waals surface area contributed by atoms with E-state index in [2.05, 4.69) is 0 Å². The molecule has 30 heavy (non-hydrogen) atoms. The van der Waals surface area contributed by atoms with Gasteiger partial charge in [-0.05, 0) is 49.7 Å². The summed E-state index contributed by atoms with van der Waals surface area (Å²) in [6, 6.07) is 14.1. The topological polar surface area (TPSA) is 69.9 Å². The summed E-state index contributed by atoms with van der Waals surface area (Å²) >= 11 is 0. The quantitative estimate of drug-likeness (QED) is 0.610. The molecule has 0 aliphatic carbocycles. The molecular weight excluding hydrogens is 389 g/mol. The lowest BCUT2D eigenvalue weighted by molar-refractivity contribution is 0.0276. The van der Waals surface area contributed by atoms with Crippen LogP contribution in [0.3, 0.4) is 0 Å². The van der Waals surface area contributed by atoms with Crippen LogP contribution in [0.5, 0.6) is 17.2 Å². The standard InChI is InChI=1S/C23H24FNO5/c1-23(2,27)15-30-20-9-8-18(12-21(20)28-3)25-11-10-19(13-22(25)26)29-14-16-4-6-17(24)7-5-16/h4-13,27H,14-15H2,1-3H3. The van der Waals surface area contributed by atoms with E-state index in [0.29, 0.717) is 22.9 Å². The van der Waals surface area contributed by atoms with Crippen LogP contribution >= 0.6 is 0 Å². The third kappa shape index (κ3) is 5.61. The highest BCUT2D eigenvalue weighted by atomic mass is 19.1. The van der Waals surface area contributed by atoms with E-state index in [1.165, 1.54) is 29.9 Å². The minimum Gasteiger partial charge on any atom is -0.493 e. The van der Waals surface area contributed by atoms with Gasteiger partial charge in [0.05, 0.1) is 18.4 Å². The summed E-state index contributed by atoms with van der Waals surface area (Å²) in [6.07, 6.45) is 1.61. The van der Waals surface area contributed by atoms with Crippen LogP contribution in [0.15, 0.2) is 65.6 Å². The molecule has 0 amide bonds. The maximum atomic E-state index is 13.0. The van der Waals surface area contributed by atoms with Crippen molar-refractivity contribution in [2.45, 2.75) is 26.1 Å². The van der Waals surface area contributed by atoms with Gasteiger partial charge in [-0.1, -0.05) is 12.1 Å². The molecule has 0 atom stereocenters. The smallest absolute Gasteiger partial charge is 0.258 e. The first-order chi connectivity index (χ1) is 14.2. The number of methoxy groups -OCH3 is 1. The Kier molecular flexibility index (Phi) is 6.42. The Balaban J connectivity index is 1.75. The number of hydrogen-bond acceptors (Lipinski definition) is 5. The SMILES string of the molecule is COc1cc(-n2ccc(OCc3ccc(F)cc3)cc2=O)ccc1OCC(C)(C)O. The highest BCUT2D eigenvalue weighted by Gasteiger charge is 2.16. The number of rotatable bonds is 8. The van der Waals surface area contributed by atoms with Crippen LogP contribution in [0.4, 0.5) is 4.39 Å². The Hall–Kier alpha value is -3.32. The summed E-state index contributed by atoms with van der Waals surface area (Å²) in [5.74, 6) is 1.02. The molecule has 0 radical (unpaired) electrons. The van der Waals surface area contributed by atoms with Crippen LogP contribution in [0, 0.1) is 5.82 Å². The molecular formula is C23H24FNO5. The first kappa shape index (κ1) is 21.4. The van der Waals surface area contributed by atoms with Crippen molar-refractivity contribution < 1.29 is 23.7 Å². The predicted molar refractivity (Wildman–Crippen MR) is 111 cm³/mol. The van der Waals surface area contributed by atoms with Crippen molar-refractivity contribution in [3.05, 3.63) is 82.5 Å². The first-order valence-electron chi connectivity index (χ1n) is 9.39. The van der Waals surface area contributed by atoms with Crippen molar-refractivity contribution in [2.75, 3.05) is 13.7 Å². The summed E-state index contributed by atoms with van der Waals surface area (Å²) in [7, 11) is 1.51. The van der Waals surface area contributed by atoms with Crippen molar-refractivity contribution >= 4 is 0 Å². The molecule has 1 N–H and O–H groups in total. The summed E-state index contributed by atoms with van der Waals surface area (Å²) < 4.78 is 31.0. The molecule has 1 aromatic heterocycles. The zero-order valence-corrected chi connectivity index (χ0v) is 17.1. The molecule has 7 heteroatoms. The van der Waals surface area contributed by atoms with E-state index in [1.807, 2.05) is 0 Å². The first-order valence-corrected chi connectivity index (χ1v) is 9.39. The maximum absolute atomic E-state index is 13.0. The number of nitrogens with zero attached hydrogens (tertiary/aromatic N) is 1. The molecule has 0 bridgehead atoms. The Morgan fingerprint density at radius 3 is 2.37 bits per heavy atom. The zero-order chi connectivity index (χ0) is 21.7. The van der Waals surface area contributed by atoms with Crippen molar-refractivity contribution in [1.82, 2.24) is 4.57 Å². The van der Waals surface area contributed by atoms with Gasteiger partial charge in [0.2, 0.25) is 0 Å². The lowest BCUT2D eigenvalue weighted by atomic mass is 10.2. The van der Waals surface area contributed by atoms with Gasteiger partial charge in [-0.2, -0.15) is 0 Å². The molecule has 0 aliphatic heterocycles. The van der Waals surface area contributed by atoms with Crippen LogP contribution < -0.4 is 19.8 Å². The Morgan fingerprint density at radius 1 is 1.00 bits per heavy atom. The average molecular weight is 413 g/mol. The lowest BCUT2D eigenvalue weighted by Gasteiger charge is -2.19. The second-order valence-electron chi connectivity index (χ2n) is 7.42. The molecule has 6 nitrogen and oxygen atoms in total. The van der Waals surface area contributed by atoms with Gasteiger partial charge in [0.25, 0.3) is 5.56 Å². The number of ether oxygens (including phenoxy) is 3. The second-order valence-corrected chi connectivity index (χ2v) is 7.42. The third-order valence-electron chi connectivity index (χ3n) is 4.22. The summed E-state index contributed by atoms with van der Waals surface area (Å²) in [5, 5.41) is 9.83. The molecule has 0 spiro atoms. The summed E-state index contributed by atoms with van der Waals surface area (Å²) in [6.45, 7) is 3.62. The maximum Gasteiger partial charge on any atom is 0.258 e. The fraction of sp³-hybridized carbons (Fsp3) is 0.261. The van der Waals surface area contributed by atoms with Gasteiger partial charge >= 0.3 is 0 Å². The van der Waals surface area contributed by atoms with E-state index in [9.17, 15) is 14.3 Å². The van der Waals surface area contributed by atoms with E-state index in [4.69, 9.17) is 14.2 Å². The van der Waals surface area contributed by atoms with Gasteiger partial charge in [0, 0.05) is 18.3 Å². The number of hydrogen-bond donors (Lipinski definition) is 1. The molecule has 0 saturated heterocycles. The van der Waals surface area contributed by atoms with Crippen LogP contribution in [-0.4, -0.2) is 29.0 Å². The third-order valence-corrected chi connectivity index (χ3v) is 4.22.